The quantitative estimate of drug-likeness (QED) is 0.629. The Balaban J connectivity index is 2.35. The van der Waals surface area contributed by atoms with Gasteiger partial charge in [-0.2, -0.15) is 5.10 Å². The molecule has 0 aliphatic carbocycles. The van der Waals surface area contributed by atoms with Crippen LogP contribution in [0, 0.1) is 13.8 Å². The summed E-state index contributed by atoms with van der Waals surface area (Å²) in [5, 5.41) is 4.27. The van der Waals surface area contributed by atoms with Gasteiger partial charge in [-0.15, -0.1) is 0 Å². The van der Waals surface area contributed by atoms with Gasteiger partial charge in [-0.3, -0.25) is 9.48 Å². The number of benzene rings is 1. The van der Waals surface area contributed by atoms with Gasteiger partial charge in [0.1, 0.15) is 0 Å². The Kier molecular flexibility index (Phi) is 4.65. The maximum atomic E-state index is 12.4. The summed E-state index contributed by atoms with van der Waals surface area (Å²) in [5.41, 5.74) is 3.01. The molecule has 2 aromatic rings. The molecular weight excluding hydrogens is 280 g/mol. The number of rotatable bonds is 5. The van der Waals surface area contributed by atoms with Crippen molar-refractivity contribution in [1.82, 2.24) is 9.78 Å². The Hall–Kier alpha value is -2.56. The van der Waals surface area contributed by atoms with Crippen LogP contribution in [0.15, 0.2) is 24.3 Å². The van der Waals surface area contributed by atoms with Crippen LogP contribution in [-0.2, 0) is 7.05 Å². The number of aryl methyl sites for hydroxylation is 2. The second-order valence-corrected chi connectivity index (χ2v) is 4.95. The molecule has 0 saturated carbocycles. The standard InChI is InChI=1S/C17H20N2O3/c1-11-16(12(2)19(3)18-11)14(20)10-9-13-7-6-8-15(21-4)17(13)22-5/h6-10H,1-5H3/b10-9+. The molecule has 116 valence electrons. The minimum atomic E-state index is -0.0760. The van der Waals surface area contributed by atoms with Crippen LogP contribution in [0.25, 0.3) is 6.08 Å². The molecule has 5 heteroatoms. The lowest BCUT2D eigenvalue weighted by Crippen LogP contribution is -2.00. The van der Waals surface area contributed by atoms with E-state index >= 15 is 0 Å². The van der Waals surface area contributed by atoms with E-state index in [1.165, 1.54) is 6.08 Å². The van der Waals surface area contributed by atoms with Crippen LogP contribution in [0.5, 0.6) is 11.5 Å². The van der Waals surface area contributed by atoms with Gasteiger partial charge in [0.2, 0.25) is 0 Å². The highest BCUT2D eigenvalue weighted by molar-refractivity contribution is 6.08. The Labute approximate surface area is 130 Å². The number of nitrogens with zero attached hydrogens (tertiary/aromatic N) is 2. The number of para-hydroxylation sites is 1. The van der Waals surface area contributed by atoms with E-state index in [1.54, 1.807) is 25.0 Å². The first-order chi connectivity index (χ1) is 10.5. The highest BCUT2D eigenvalue weighted by Gasteiger charge is 2.15. The van der Waals surface area contributed by atoms with E-state index < -0.39 is 0 Å². The maximum Gasteiger partial charge on any atom is 0.189 e. The third-order valence-corrected chi connectivity index (χ3v) is 3.60. The van der Waals surface area contributed by atoms with Crippen molar-refractivity contribution in [3.05, 3.63) is 46.8 Å². The van der Waals surface area contributed by atoms with E-state index in [-0.39, 0.29) is 5.78 Å². The molecule has 0 amide bonds. The fourth-order valence-electron chi connectivity index (χ4n) is 2.42. The molecule has 1 aromatic heterocycles. The number of carbonyl (C=O) groups excluding carboxylic acids is 1. The van der Waals surface area contributed by atoms with Crippen LogP contribution in [0.1, 0.15) is 27.3 Å². The third-order valence-electron chi connectivity index (χ3n) is 3.60. The van der Waals surface area contributed by atoms with Crippen molar-refractivity contribution in [2.45, 2.75) is 13.8 Å². The lowest BCUT2D eigenvalue weighted by Gasteiger charge is -2.09. The van der Waals surface area contributed by atoms with E-state index in [2.05, 4.69) is 5.10 Å². The van der Waals surface area contributed by atoms with Gasteiger partial charge in [-0.1, -0.05) is 12.1 Å². The average Bonchev–Trinajstić information content (AvgIpc) is 2.77. The first-order valence-corrected chi connectivity index (χ1v) is 6.93. The summed E-state index contributed by atoms with van der Waals surface area (Å²) in [6.45, 7) is 3.72. The summed E-state index contributed by atoms with van der Waals surface area (Å²) >= 11 is 0. The summed E-state index contributed by atoms with van der Waals surface area (Å²) in [4.78, 5) is 12.4. The number of carbonyl (C=O) groups is 1. The second kappa shape index (κ2) is 6.47. The number of hydrogen-bond acceptors (Lipinski definition) is 4. The van der Waals surface area contributed by atoms with Crippen LogP contribution >= 0.6 is 0 Å². The van der Waals surface area contributed by atoms with Crippen LogP contribution in [0.2, 0.25) is 0 Å². The molecule has 0 aliphatic heterocycles. The number of aromatic nitrogens is 2. The van der Waals surface area contributed by atoms with E-state index in [1.807, 2.05) is 39.1 Å². The Bertz CT molecular complexity index is 730. The van der Waals surface area contributed by atoms with Crippen LogP contribution in [-0.4, -0.2) is 29.8 Å². The van der Waals surface area contributed by atoms with Gasteiger partial charge in [0.15, 0.2) is 17.3 Å². The smallest absolute Gasteiger partial charge is 0.189 e. The maximum absolute atomic E-state index is 12.4. The van der Waals surface area contributed by atoms with Gasteiger partial charge in [0.05, 0.1) is 25.5 Å². The Morgan fingerprint density at radius 2 is 1.95 bits per heavy atom. The lowest BCUT2D eigenvalue weighted by atomic mass is 10.1. The highest BCUT2D eigenvalue weighted by Crippen LogP contribution is 2.31. The number of methoxy groups -OCH3 is 2. The molecule has 0 atom stereocenters. The Morgan fingerprint density at radius 3 is 2.50 bits per heavy atom. The van der Waals surface area contributed by atoms with E-state index in [4.69, 9.17) is 9.47 Å². The van der Waals surface area contributed by atoms with E-state index in [0.29, 0.717) is 17.1 Å². The second-order valence-electron chi connectivity index (χ2n) is 4.95. The van der Waals surface area contributed by atoms with Crippen molar-refractivity contribution >= 4 is 11.9 Å². The number of hydrogen-bond donors (Lipinski definition) is 0. The minimum absolute atomic E-state index is 0.0760. The average molecular weight is 300 g/mol. The van der Waals surface area contributed by atoms with Crippen molar-refractivity contribution in [3.63, 3.8) is 0 Å². The molecular formula is C17H20N2O3. The van der Waals surface area contributed by atoms with Gasteiger partial charge in [-0.25, -0.2) is 0 Å². The zero-order chi connectivity index (χ0) is 16.3. The van der Waals surface area contributed by atoms with Gasteiger partial charge in [-0.05, 0) is 32.1 Å². The van der Waals surface area contributed by atoms with Crippen molar-refractivity contribution in [2.24, 2.45) is 7.05 Å². The molecule has 1 heterocycles. The zero-order valence-corrected chi connectivity index (χ0v) is 13.5. The molecule has 22 heavy (non-hydrogen) atoms. The summed E-state index contributed by atoms with van der Waals surface area (Å²) in [7, 11) is 4.99. The normalized spacial score (nSPS) is 11.0. The molecule has 0 spiro atoms. The SMILES string of the molecule is COc1cccc(/C=C/C(=O)c2c(C)nn(C)c2C)c1OC. The molecule has 0 aliphatic rings. The fourth-order valence-corrected chi connectivity index (χ4v) is 2.42. The summed E-state index contributed by atoms with van der Waals surface area (Å²) < 4.78 is 12.3. The molecule has 0 bridgehead atoms. The molecule has 1 aromatic carbocycles. The van der Waals surface area contributed by atoms with Gasteiger partial charge >= 0.3 is 0 Å². The lowest BCUT2D eigenvalue weighted by molar-refractivity contribution is 0.104. The highest BCUT2D eigenvalue weighted by atomic mass is 16.5. The number of allylic oxidation sites excluding steroid dienone is 1. The van der Waals surface area contributed by atoms with Gasteiger partial charge in [0.25, 0.3) is 0 Å². The first-order valence-electron chi connectivity index (χ1n) is 6.93. The fraction of sp³-hybridized carbons (Fsp3) is 0.294. The molecule has 0 fully saturated rings. The molecule has 0 radical (unpaired) electrons. The summed E-state index contributed by atoms with van der Waals surface area (Å²) in [5.74, 6) is 1.16. The molecule has 0 saturated heterocycles. The first kappa shape index (κ1) is 15.8. The van der Waals surface area contributed by atoms with Crippen LogP contribution in [0.4, 0.5) is 0 Å². The Morgan fingerprint density at radius 1 is 1.23 bits per heavy atom. The van der Waals surface area contributed by atoms with Crippen molar-refractivity contribution in [1.29, 1.82) is 0 Å². The van der Waals surface area contributed by atoms with Crippen LogP contribution in [0.3, 0.4) is 0 Å². The summed E-state index contributed by atoms with van der Waals surface area (Å²) in [6.07, 6.45) is 3.27. The van der Waals surface area contributed by atoms with Gasteiger partial charge < -0.3 is 9.47 Å². The predicted octanol–water partition coefficient (Wildman–Crippen LogP) is 2.95. The number of ketones is 1. The predicted molar refractivity (Wildman–Crippen MR) is 85.6 cm³/mol. The van der Waals surface area contributed by atoms with E-state index in [0.717, 1.165) is 17.0 Å². The van der Waals surface area contributed by atoms with Crippen molar-refractivity contribution in [2.75, 3.05) is 14.2 Å². The van der Waals surface area contributed by atoms with Gasteiger partial charge in [0, 0.05) is 18.3 Å². The molecule has 0 unspecified atom stereocenters. The third kappa shape index (κ3) is 2.88. The summed E-state index contributed by atoms with van der Waals surface area (Å²) in [6, 6.07) is 5.54. The van der Waals surface area contributed by atoms with Crippen molar-refractivity contribution in [3.8, 4) is 11.5 Å². The molecule has 5 nitrogen and oxygen atoms in total. The van der Waals surface area contributed by atoms with Crippen LogP contribution < -0.4 is 9.47 Å². The van der Waals surface area contributed by atoms with E-state index in [9.17, 15) is 4.79 Å². The van der Waals surface area contributed by atoms with Crippen molar-refractivity contribution < 1.29 is 14.3 Å². The topological polar surface area (TPSA) is 53.3 Å². The zero-order valence-electron chi connectivity index (χ0n) is 13.5. The minimum Gasteiger partial charge on any atom is -0.493 e. The molecule has 0 N–H and O–H groups in total. The number of ether oxygens (including phenoxy) is 2. The largest absolute Gasteiger partial charge is 0.493 e. The monoisotopic (exact) mass is 300 g/mol. The molecule has 2 rings (SSSR count).